The van der Waals surface area contributed by atoms with Crippen molar-refractivity contribution in [2.24, 2.45) is 11.8 Å². The highest BCUT2D eigenvalue weighted by atomic mass is 16.4. The number of piperidine rings is 2. The van der Waals surface area contributed by atoms with E-state index in [0.29, 0.717) is 45.4 Å². The molecule has 0 radical (unpaired) electrons. The summed E-state index contributed by atoms with van der Waals surface area (Å²) in [5.41, 5.74) is 0.988. The molecule has 2 amide bonds. The number of hydrogen-bond donors (Lipinski definition) is 1. The number of aliphatic carboxylic acids is 1. The first-order chi connectivity index (χ1) is 12.5. The first kappa shape index (κ1) is 18.4. The largest absolute Gasteiger partial charge is 0.481 e. The molecule has 2 aliphatic rings. The SMILES string of the molecule is O=C(O)C1CCN(C(=O)C2CCCN(C(=O)Cc3ccccc3)C2)CC1. The molecule has 3 rings (SSSR count). The molecule has 6 heteroatoms. The van der Waals surface area contributed by atoms with Crippen LogP contribution in [0.5, 0.6) is 0 Å². The fourth-order valence-electron chi connectivity index (χ4n) is 3.89. The van der Waals surface area contributed by atoms with E-state index in [9.17, 15) is 14.4 Å². The number of likely N-dealkylation sites (tertiary alicyclic amines) is 2. The van der Waals surface area contributed by atoms with Crippen molar-refractivity contribution in [3.8, 4) is 0 Å². The van der Waals surface area contributed by atoms with Crippen LogP contribution in [0.2, 0.25) is 0 Å². The Hall–Kier alpha value is -2.37. The van der Waals surface area contributed by atoms with Crippen molar-refractivity contribution in [3.05, 3.63) is 35.9 Å². The van der Waals surface area contributed by atoms with Gasteiger partial charge in [0.15, 0.2) is 0 Å². The molecular weight excluding hydrogens is 332 g/mol. The van der Waals surface area contributed by atoms with E-state index in [1.807, 2.05) is 35.2 Å². The van der Waals surface area contributed by atoms with Gasteiger partial charge in [-0.25, -0.2) is 0 Å². The van der Waals surface area contributed by atoms with Crippen LogP contribution in [0.15, 0.2) is 30.3 Å². The maximum absolute atomic E-state index is 12.8. The summed E-state index contributed by atoms with van der Waals surface area (Å²) in [4.78, 5) is 40.0. The number of carbonyl (C=O) groups is 3. The number of carbonyl (C=O) groups excluding carboxylic acids is 2. The van der Waals surface area contributed by atoms with Crippen molar-refractivity contribution in [2.75, 3.05) is 26.2 Å². The highest BCUT2D eigenvalue weighted by Gasteiger charge is 2.34. The Balaban J connectivity index is 1.54. The molecule has 1 N–H and O–H groups in total. The minimum atomic E-state index is -0.771. The molecule has 1 aromatic carbocycles. The molecule has 26 heavy (non-hydrogen) atoms. The second-order valence-electron chi connectivity index (χ2n) is 7.28. The van der Waals surface area contributed by atoms with Gasteiger partial charge in [0.05, 0.1) is 18.3 Å². The van der Waals surface area contributed by atoms with Gasteiger partial charge in [-0.3, -0.25) is 14.4 Å². The number of carboxylic acid groups (broad SMARTS) is 1. The average Bonchev–Trinajstić information content (AvgIpc) is 2.68. The molecule has 0 bridgehead atoms. The summed E-state index contributed by atoms with van der Waals surface area (Å²) < 4.78 is 0. The Bertz CT molecular complexity index is 653. The van der Waals surface area contributed by atoms with Crippen LogP contribution in [0.25, 0.3) is 0 Å². The number of benzene rings is 1. The van der Waals surface area contributed by atoms with E-state index in [4.69, 9.17) is 5.11 Å². The Morgan fingerprint density at radius 3 is 2.27 bits per heavy atom. The van der Waals surface area contributed by atoms with Crippen LogP contribution in [-0.2, 0) is 20.8 Å². The number of rotatable bonds is 4. The smallest absolute Gasteiger partial charge is 0.306 e. The molecule has 140 valence electrons. The van der Waals surface area contributed by atoms with Crippen molar-refractivity contribution in [1.82, 2.24) is 9.80 Å². The second kappa shape index (κ2) is 8.34. The molecule has 0 aromatic heterocycles. The summed E-state index contributed by atoms with van der Waals surface area (Å²) in [6.45, 7) is 2.19. The highest BCUT2D eigenvalue weighted by Crippen LogP contribution is 2.24. The molecule has 0 spiro atoms. The van der Waals surface area contributed by atoms with Gasteiger partial charge in [-0.2, -0.15) is 0 Å². The van der Waals surface area contributed by atoms with E-state index in [1.165, 1.54) is 0 Å². The van der Waals surface area contributed by atoms with E-state index in [-0.39, 0.29) is 23.7 Å². The molecule has 1 atom stereocenters. The van der Waals surface area contributed by atoms with E-state index in [0.717, 1.165) is 18.4 Å². The molecule has 0 saturated carbocycles. The third kappa shape index (κ3) is 4.42. The van der Waals surface area contributed by atoms with Crippen LogP contribution in [-0.4, -0.2) is 58.9 Å². The quantitative estimate of drug-likeness (QED) is 0.890. The maximum Gasteiger partial charge on any atom is 0.306 e. The van der Waals surface area contributed by atoms with Crippen LogP contribution in [0.4, 0.5) is 0 Å². The third-order valence-electron chi connectivity index (χ3n) is 5.48. The predicted octanol–water partition coefficient (Wildman–Crippen LogP) is 1.79. The fraction of sp³-hybridized carbons (Fsp3) is 0.550. The summed E-state index contributed by atoms with van der Waals surface area (Å²) in [7, 11) is 0. The normalized spacial score (nSPS) is 21.5. The summed E-state index contributed by atoms with van der Waals surface area (Å²) >= 11 is 0. The Labute approximate surface area is 153 Å². The van der Waals surface area contributed by atoms with Gasteiger partial charge in [0, 0.05) is 26.2 Å². The molecule has 1 aromatic rings. The predicted molar refractivity (Wildman–Crippen MR) is 96.4 cm³/mol. The van der Waals surface area contributed by atoms with Crippen molar-refractivity contribution in [2.45, 2.75) is 32.1 Å². The minimum absolute atomic E-state index is 0.0679. The maximum atomic E-state index is 12.8. The summed E-state index contributed by atoms with van der Waals surface area (Å²) in [5.74, 6) is -1.13. The Kier molecular flexibility index (Phi) is 5.91. The summed E-state index contributed by atoms with van der Waals surface area (Å²) in [6.07, 6.45) is 3.04. The minimum Gasteiger partial charge on any atom is -0.481 e. The molecule has 2 heterocycles. The van der Waals surface area contributed by atoms with E-state index in [1.54, 1.807) is 4.90 Å². The molecule has 6 nitrogen and oxygen atoms in total. The van der Waals surface area contributed by atoms with Crippen molar-refractivity contribution in [1.29, 1.82) is 0 Å². The zero-order valence-electron chi connectivity index (χ0n) is 15.0. The lowest BCUT2D eigenvalue weighted by molar-refractivity contribution is -0.148. The first-order valence-corrected chi connectivity index (χ1v) is 9.38. The standard InChI is InChI=1S/C20H26N2O4/c23-18(13-15-5-2-1-3-6-15)22-10-4-7-17(14-22)19(24)21-11-8-16(9-12-21)20(25)26/h1-3,5-6,16-17H,4,7-14H2,(H,25,26). The zero-order valence-corrected chi connectivity index (χ0v) is 15.0. The summed E-state index contributed by atoms with van der Waals surface area (Å²) in [6, 6.07) is 9.66. The van der Waals surface area contributed by atoms with Gasteiger partial charge >= 0.3 is 5.97 Å². The van der Waals surface area contributed by atoms with Gasteiger partial charge in [-0.15, -0.1) is 0 Å². The molecule has 0 aliphatic carbocycles. The first-order valence-electron chi connectivity index (χ1n) is 9.38. The average molecular weight is 358 g/mol. The topological polar surface area (TPSA) is 77.9 Å². The van der Waals surface area contributed by atoms with Crippen LogP contribution < -0.4 is 0 Å². The van der Waals surface area contributed by atoms with Gasteiger partial charge in [0.25, 0.3) is 0 Å². The van der Waals surface area contributed by atoms with Crippen molar-refractivity contribution in [3.63, 3.8) is 0 Å². The third-order valence-corrected chi connectivity index (χ3v) is 5.48. The van der Waals surface area contributed by atoms with Crippen LogP contribution in [0.1, 0.15) is 31.2 Å². The van der Waals surface area contributed by atoms with Gasteiger partial charge in [-0.1, -0.05) is 30.3 Å². The lowest BCUT2D eigenvalue weighted by Gasteiger charge is -2.37. The molecular formula is C20H26N2O4. The zero-order chi connectivity index (χ0) is 18.5. The van der Waals surface area contributed by atoms with Gasteiger partial charge < -0.3 is 14.9 Å². The molecule has 2 saturated heterocycles. The van der Waals surface area contributed by atoms with E-state index >= 15 is 0 Å². The molecule has 1 unspecified atom stereocenters. The summed E-state index contributed by atoms with van der Waals surface area (Å²) in [5, 5.41) is 9.08. The van der Waals surface area contributed by atoms with Gasteiger partial charge in [-0.05, 0) is 31.2 Å². The van der Waals surface area contributed by atoms with Crippen molar-refractivity contribution < 1.29 is 19.5 Å². The van der Waals surface area contributed by atoms with E-state index < -0.39 is 5.97 Å². The van der Waals surface area contributed by atoms with Gasteiger partial charge in [0.1, 0.15) is 0 Å². The molecule has 2 aliphatic heterocycles. The van der Waals surface area contributed by atoms with Gasteiger partial charge in [0.2, 0.25) is 11.8 Å². The molecule has 2 fully saturated rings. The van der Waals surface area contributed by atoms with E-state index in [2.05, 4.69) is 0 Å². The highest BCUT2D eigenvalue weighted by molar-refractivity contribution is 5.82. The van der Waals surface area contributed by atoms with Crippen molar-refractivity contribution >= 4 is 17.8 Å². The van der Waals surface area contributed by atoms with Crippen LogP contribution in [0.3, 0.4) is 0 Å². The number of nitrogens with zero attached hydrogens (tertiary/aromatic N) is 2. The van der Waals surface area contributed by atoms with Crippen LogP contribution in [0, 0.1) is 11.8 Å². The number of hydrogen-bond acceptors (Lipinski definition) is 3. The Morgan fingerprint density at radius 1 is 0.923 bits per heavy atom. The number of carboxylic acids is 1. The fourth-order valence-corrected chi connectivity index (χ4v) is 3.89. The lowest BCUT2D eigenvalue weighted by atomic mass is 9.92. The Morgan fingerprint density at radius 2 is 1.62 bits per heavy atom. The monoisotopic (exact) mass is 358 g/mol. The number of amides is 2. The second-order valence-corrected chi connectivity index (χ2v) is 7.28. The lowest BCUT2D eigenvalue weighted by Crippen LogP contribution is -2.49. The van der Waals surface area contributed by atoms with Crippen LogP contribution >= 0.6 is 0 Å².